The first-order chi connectivity index (χ1) is 7.20. The Bertz CT molecular complexity index is 264. The van der Waals surface area contributed by atoms with E-state index in [0.29, 0.717) is 24.3 Å². The lowest BCUT2D eigenvalue weighted by Gasteiger charge is -2.27. The summed E-state index contributed by atoms with van der Waals surface area (Å²) >= 11 is 0. The second kappa shape index (κ2) is 4.35. The smallest absolute Gasteiger partial charge is 0.226 e. The maximum absolute atomic E-state index is 11.7. The van der Waals surface area contributed by atoms with Crippen LogP contribution >= 0.6 is 0 Å². The SMILES string of the molecule is C=CCC(=O)N1C[C@H]2CCC(N)C[C@H]2C1. The van der Waals surface area contributed by atoms with Gasteiger partial charge >= 0.3 is 0 Å². The number of hydrogen-bond donors (Lipinski definition) is 1. The zero-order chi connectivity index (χ0) is 10.8. The van der Waals surface area contributed by atoms with Gasteiger partial charge in [0.25, 0.3) is 0 Å². The van der Waals surface area contributed by atoms with Crippen molar-refractivity contribution in [3.63, 3.8) is 0 Å². The van der Waals surface area contributed by atoms with E-state index < -0.39 is 0 Å². The third-order valence-corrected chi connectivity index (χ3v) is 3.76. The predicted octanol–water partition coefficient (Wildman–Crippen LogP) is 1.15. The third-order valence-electron chi connectivity index (χ3n) is 3.76. The van der Waals surface area contributed by atoms with Crippen molar-refractivity contribution < 1.29 is 4.79 Å². The molecule has 1 unspecified atom stereocenters. The second-order valence-electron chi connectivity index (χ2n) is 4.88. The lowest BCUT2D eigenvalue weighted by atomic mass is 9.79. The molecule has 2 N–H and O–H groups in total. The first-order valence-electron chi connectivity index (χ1n) is 5.85. The zero-order valence-corrected chi connectivity index (χ0v) is 9.19. The maximum atomic E-state index is 11.7. The summed E-state index contributed by atoms with van der Waals surface area (Å²) in [5.74, 6) is 1.59. The number of likely N-dealkylation sites (tertiary alicyclic amines) is 1. The molecule has 0 aromatic rings. The standard InChI is InChI=1S/C12H20N2O/c1-2-3-12(15)14-7-9-4-5-11(13)6-10(9)8-14/h2,9-11H,1,3-8,13H2/t9-,10+,11?/m1/s1. The molecule has 2 rings (SSSR count). The number of amides is 1. The summed E-state index contributed by atoms with van der Waals surface area (Å²) in [6, 6.07) is 0.362. The van der Waals surface area contributed by atoms with Gasteiger partial charge in [-0.15, -0.1) is 6.58 Å². The van der Waals surface area contributed by atoms with Crippen LogP contribution in [0.25, 0.3) is 0 Å². The molecule has 0 aromatic heterocycles. The predicted molar refractivity (Wildman–Crippen MR) is 60.2 cm³/mol. The Labute approximate surface area is 91.3 Å². The van der Waals surface area contributed by atoms with Crippen LogP contribution < -0.4 is 5.73 Å². The molecule has 1 saturated carbocycles. The van der Waals surface area contributed by atoms with Crippen LogP contribution in [-0.4, -0.2) is 29.9 Å². The van der Waals surface area contributed by atoms with Crippen LogP contribution in [0.1, 0.15) is 25.7 Å². The van der Waals surface area contributed by atoms with Gasteiger partial charge in [-0.3, -0.25) is 4.79 Å². The van der Waals surface area contributed by atoms with Crippen molar-refractivity contribution in [2.24, 2.45) is 17.6 Å². The molecular formula is C12H20N2O. The molecular weight excluding hydrogens is 188 g/mol. The van der Waals surface area contributed by atoms with Gasteiger partial charge in [0.2, 0.25) is 5.91 Å². The molecule has 0 spiro atoms. The molecule has 0 aromatic carbocycles. The van der Waals surface area contributed by atoms with E-state index in [1.54, 1.807) is 6.08 Å². The summed E-state index contributed by atoms with van der Waals surface area (Å²) in [5, 5.41) is 0. The quantitative estimate of drug-likeness (QED) is 0.692. The number of nitrogens with zero attached hydrogens (tertiary/aromatic N) is 1. The Morgan fingerprint density at radius 3 is 2.87 bits per heavy atom. The molecule has 84 valence electrons. The highest BCUT2D eigenvalue weighted by molar-refractivity contribution is 5.77. The van der Waals surface area contributed by atoms with E-state index in [1.807, 2.05) is 4.90 Å². The van der Waals surface area contributed by atoms with E-state index in [0.717, 1.165) is 25.9 Å². The van der Waals surface area contributed by atoms with Gasteiger partial charge in [0, 0.05) is 25.6 Å². The van der Waals surface area contributed by atoms with Gasteiger partial charge < -0.3 is 10.6 Å². The molecule has 1 aliphatic carbocycles. The molecule has 3 atom stereocenters. The molecule has 3 nitrogen and oxygen atoms in total. The fourth-order valence-corrected chi connectivity index (χ4v) is 2.92. The van der Waals surface area contributed by atoms with E-state index in [9.17, 15) is 4.79 Å². The average Bonchev–Trinajstić information content (AvgIpc) is 2.60. The number of hydrogen-bond acceptors (Lipinski definition) is 2. The fourth-order valence-electron chi connectivity index (χ4n) is 2.92. The van der Waals surface area contributed by atoms with Crippen molar-refractivity contribution in [3.05, 3.63) is 12.7 Å². The highest BCUT2D eigenvalue weighted by Gasteiger charge is 2.37. The first-order valence-corrected chi connectivity index (χ1v) is 5.85. The minimum atomic E-state index is 0.230. The molecule has 2 aliphatic rings. The highest BCUT2D eigenvalue weighted by atomic mass is 16.2. The van der Waals surface area contributed by atoms with Crippen LogP contribution in [-0.2, 0) is 4.79 Å². The minimum Gasteiger partial charge on any atom is -0.342 e. The topological polar surface area (TPSA) is 46.3 Å². The normalized spacial score (nSPS) is 35.0. The average molecular weight is 208 g/mol. The fraction of sp³-hybridized carbons (Fsp3) is 0.750. The Morgan fingerprint density at radius 1 is 1.40 bits per heavy atom. The van der Waals surface area contributed by atoms with Crippen molar-refractivity contribution in [1.82, 2.24) is 4.90 Å². The summed E-state index contributed by atoms with van der Waals surface area (Å²) < 4.78 is 0. The van der Waals surface area contributed by atoms with Gasteiger partial charge in [-0.25, -0.2) is 0 Å². The van der Waals surface area contributed by atoms with E-state index in [-0.39, 0.29) is 5.91 Å². The molecule has 2 fully saturated rings. The largest absolute Gasteiger partial charge is 0.342 e. The summed E-state index contributed by atoms with van der Waals surface area (Å²) in [5.41, 5.74) is 5.95. The molecule has 1 aliphatic heterocycles. The molecule has 1 heterocycles. The maximum Gasteiger partial charge on any atom is 0.226 e. The molecule has 0 radical (unpaired) electrons. The van der Waals surface area contributed by atoms with Crippen LogP contribution in [0.4, 0.5) is 0 Å². The van der Waals surface area contributed by atoms with Gasteiger partial charge in [0.05, 0.1) is 0 Å². The van der Waals surface area contributed by atoms with Gasteiger partial charge in [-0.2, -0.15) is 0 Å². The van der Waals surface area contributed by atoms with Crippen LogP contribution in [0.5, 0.6) is 0 Å². The Kier molecular flexibility index (Phi) is 3.10. The van der Waals surface area contributed by atoms with E-state index >= 15 is 0 Å². The number of carbonyl (C=O) groups excluding carboxylic acids is 1. The Morgan fingerprint density at radius 2 is 2.13 bits per heavy atom. The summed E-state index contributed by atoms with van der Waals surface area (Å²) in [7, 11) is 0. The van der Waals surface area contributed by atoms with Crippen LogP contribution in [0.3, 0.4) is 0 Å². The van der Waals surface area contributed by atoms with Crippen LogP contribution in [0.15, 0.2) is 12.7 Å². The van der Waals surface area contributed by atoms with Gasteiger partial charge in [0.15, 0.2) is 0 Å². The molecule has 1 saturated heterocycles. The van der Waals surface area contributed by atoms with E-state index in [4.69, 9.17) is 5.73 Å². The number of rotatable bonds is 2. The monoisotopic (exact) mass is 208 g/mol. The lowest BCUT2D eigenvalue weighted by molar-refractivity contribution is -0.129. The first kappa shape index (κ1) is 10.7. The second-order valence-corrected chi connectivity index (χ2v) is 4.88. The van der Waals surface area contributed by atoms with Crippen molar-refractivity contribution >= 4 is 5.91 Å². The van der Waals surface area contributed by atoms with Gasteiger partial charge in [-0.05, 0) is 31.1 Å². The Hall–Kier alpha value is -0.830. The zero-order valence-electron chi connectivity index (χ0n) is 9.19. The highest BCUT2D eigenvalue weighted by Crippen LogP contribution is 2.35. The minimum absolute atomic E-state index is 0.230. The van der Waals surface area contributed by atoms with Gasteiger partial charge in [0.1, 0.15) is 0 Å². The van der Waals surface area contributed by atoms with Crippen LogP contribution in [0.2, 0.25) is 0 Å². The Balaban J connectivity index is 1.93. The molecule has 3 heteroatoms. The summed E-state index contributed by atoms with van der Waals surface area (Å²) in [6.45, 7) is 5.48. The number of carbonyl (C=O) groups is 1. The van der Waals surface area contributed by atoms with E-state index in [2.05, 4.69) is 6.58 Å². The van der Waals surface area contributed by atoms with Crippen molar-refractivity contribution in [2.75, 3.05) is 13.1 Å². The molecule has 1 amide bonds. The number of nitrogens with two attached hydrogens (primary N) is 1. The summed E-state index contributed by atoms with van der Waals surface area (Å²) in [6.07, 6.45) is 5.60. The third kappa shape index (κ3) is 2.23. The van der Waals surface area contributed by atoms with Crippen LogP contribution in [0, 0.1) is 11.8 Å². The lowest BCUT2D eigenvalue weighted by Crippen LogP contribution is -2.32. The molecule has 15 heavy (non-hydrogen) atoms. The van der Waals surface area contributed by atoms with E-state index in [1.165, 1.54) is 6.42 Å². The van der Waals surface area contributed by atoms with Crippen molar-refractivity contribution in [2.45, 2.75) is 31.7 Å². The van der Waals surface area contributed by atoms with Gasteiger partial charge in [-0.1, -0.05) is 6.08 Å². The van der Waals surface area contributed by atoms with Crippen molar-refractivity contribution in [3.8, 4) is 0 Å². The van der Waals surface area contributed by atoms with Crippen molar-refractivity contribution in [1.29, 1.82) is 0 Å². The number of fused-ring (bicyclic) bond motifs is 1. The summed E-state index contributed by atoms with van der Waals surface area (Å²) in [4.78, 5) is 13.7. The molecule has 0 bridgehead atoms.